The molecule has 1 aromatic heterocycles. The summed E-state index contributed by atoms with van der Waals surface area (Å²) in [4.78, 5) is 2.68. The third-order valence-corrected chi connectivity index (χ3v) is 7.97. The average molecular weight is 437 g/mol. The van der Waals surface area contributed by atoms with Crippen molar-refractivity contribution < 1.29 is 0 Å². The van der Waals surface area contributed by atoms with Crippen molar-refractivity contribution in [3.05, 3.63) is 121 Å². The average Bonchev–Trinajstić information content (AvgIpc) is 3.29. The van der Waals surface area contributed by atoms with Crippen molar-refractivity contribution in [2.24, 2.45) is 0 Å². The van der Waals surface area contributed by atoms with Crippen molar-refractivity contribution >= 4 is 54.4 Å². The first kappa shape index (κ1) is 18.6. The fourth-order valence-electron chi connectivity index (χ4n) is 5.24. The van der Waals surface area contributed by atoms with Crippen LogP contribution in [0.5, 0.6) is 0 Å². The normalized spacial score (nSPS) is 11.6. The highest BCUT2D eigenvalue weighted by atomic mass is 32.1. The molecular weight excluding hydrogens is 416 g/mol. The molecule has 154 valence electrons. The van der Waals surface area contributed by atoms with Crippen LogP contribution < -0.4 is 0 Å². The van der Waals surface area contributed by atoms with Crippen LogP contribution in [0.2, 0.25) is 0 Å². The number of hydrogen-bond acceptors (Lipinski definition) is 1. The van der Waals surface area contributed by atoms with E-state index in [4.69, 9.17) is 0 Å². The van der Waals surface area contributed by atoms with Gasteiger partial charge in [0.05, 0.1) is 0 Å². The molecule has 0 aliphatic carbocycles. The van der Waals surface area contributed by atoms with Crippen LogP contribution in [0.3, 0.4) is 0 Å². The summed E-state index contributed by atoms with van der Waals surface area (Å²) in [7, 11) is 0. The van der Waals surface area contributed by atoms with Crippen LogP contribution >= 0.6 is 11.3 Å². The molecule has 0 nitrogen and oxygen atoms in total. The van der Waals surface area contributed by atoms with Gasteiger partial charge in [-0.25, -0.2) is 0 Å². The molecule has 0 fully saturated rings. The van der Waals surface area contributed by atoms with E-state index in [1.54, 1.807) is 0 Å². The fourth-order valence-corrected chi connectivity index (χ4v) is 6.55. The highest BCUT2D eigenvalue weighted by Gasteiger charge is 2.18. The predicted octanol–water partition coefficient (Wildman–Crippen LogP) is 9.69. The molecule has 1 heterocycles. The van der Waals surface area contributed by atoms with E-state index >= 15 is 0 Å². The molecule has 0 aliphatic rings. The van der Waals surface area contributed by atoms with Crippen LogP contribution in [0.15, 0.2) is 121 Å². The molecule has 0 amide bonds. The highest BCUT2D eigenvalue weighted by Crippen LogP contribution is 2.48. The second-order valence-corrected chi connectivity index (χ2v) is 9.51. The number of rotatable bonds is 2. The van der Waals surface area contributed by atoms with Crippen LogP contribution in [-0.4, -0.2) is 0 Å². The van der Waals surface area contributed by atoms with E-state index in [-0.39, 0.29) is 0 Å². The van der Waals surface area contributed by atoms with Crippen LogP contribution in [0.1, 0.15) is 0 Å². The molecule has 7 aromatic rings. The van der Waals surface area contributed by atoms with Gasteiger partial charge in [-0.15, -0.1) is 11.3 Å². The summed E-state index contributed by atoms with van der Waals surface area (Å²) < 4.78 is 0. The van der Waals surface area contributed by atoms with E-state index in [0.29, 0.717) is 0 Å². The Balaban J connectivity index is 1.66. The maximum Gasteiger partial charge on any atom is 0.0434 e. The van der Waals surface area contributed by atoms with Crippen molar-refractivity contribution in [2.45, 2.75) is 0 Å². The van der Waals surface area contributed by atoms with Gasteiger partial charge in [-0.3, -0.25) is 0 Å². The van der Waals surface area contributed by atoms with Crippen molar-refractivity contribution in [2.75, 3.05) is 0 Å². The molecule has 0 spiro atoms. The van der Waals surface area contributed by atoms with E-state index in [1.807, 2.05) is 11.3 Å². The maximum absolute atomic E-state index is 2.30. The standard InChI is InChI=1S/C32H20S/c1-2-11-21(12-3-1)31-27-17-8-9-18-28(27)32(33-31)29-20-10-19-26-24-14-5-4-13-22(24)23-15-6-7-16-25(23)30(26)29/h1-20H. The minimum absolute atomic E-state index is 1.28. The van der Waals surface area contributed by atoms with Crippen molar-refractivity contribution in [3.63, 3.8) is 0 Å². The van der Waals surface area contributed by atoms with Crippen molar-refractivity contribution in [1.29, 1.82) is 0 Å². The second-order valence-electron chi connectivity index (χ2n) is 8.49. The maximum atomic E-state index is 2.30. The van der Waals surface area contributed by atoms with Gasteiger partial charge in [-0.05, 0) is 37.9 Å². The molecule has 7 rings (SSSR count). The molecule has 0 aliphatic heterocycles. The summed E-state index contributed by atoms with van der Waals surface area (Å²) in [5.74, 6) is 0. The Labute approximate surface area is 196 Å². The van der Waals surface area contributed by atoms with Crippen LogP contribution in [0, 0.1) is 0 Å². The third kappa shape index (κ3) is 2.76. The van der Waals surface area contributed by atoms with Gasteiger partial charge >= 0.3 is 0 Å². The largest absolute Gasteiger partial charge is 0.134 e. The van der Waals surface area contributed by atoms with Gasteiger partial charge in [-0.2, -0.15) is 0 Å². The zero-order valence-corrected chi connectivity index (χ0v) is 18.8. The number of thiophene rings is 1. The highest BCUT2D eigenvalue weighted by molar-refractivity contribution is 7.21. The van der Waals surface area contributed by atoms with Gasteiger partial charge in [-0.1, -0.05) is 121 Å². The van der Waals surface area contributed by atoms with E-state index in [9.17, 15) is 0 Å². The monoisotopic (exact) mass is 436 g/mol. The topological polar surface area (TPSA) is 0 Å². The summed E-state index contributed by atoms with van der Waals surface area (Å²) in [6.07, 6.45) is 0. The molecule has 0 saturated heterocycles. The summed E-state index contributed by atoms with van der Waals surface area (Å²) in [6.45, 7) is 0. The Bertz CT molecular complexity index is 1760. The van der Waals surface area contributed by atoms with E-state index in [0.717, 1.165) is 0 Å². The smallest absolute Gasteiger partial charge is 0.0434 e. The van der Waals surface area contributed by atoms with Crippen LogP contribution in [0.4, 0.5) is 0 Å². The quantitative estimate of drug-likeness (QED) is 0.237. The first-order chi connectivity index (χ1) is 16.4. The summed E-state index contributed by atoms with van der Waals surface area (Å²) in [6, 6.07) is 44.1. The summed E-state index contributed by atoms with van der Waals surface area (Å²) >= 11 is 1.91. The van der Waals surface area contributed by atoms with Gasteiger partial charge in [0.1, 0.15) is 0 Å². The fraction of sp³-hybridized carbons (Fsp3) is 0. The van der Waals surface area contributed by atoms with Gasteiger partial charge in [0.2, 0.25) is 0 Å². The van der Waals surface area contributed by atoms with Crippen LogP contribution in [-0.2, 0) is 0 Å². The summed E-state index contributed by atoms with van der Waals surface area (Å²) in [5.41, 5.74) is 2.60. The molecule has 0 saturated carbocycles. The number of fused-ring (bicyclic) bond motifs is 7. The number of benzene rings is 6. The van der Waals surface area contributed by atoms with Gasteiger partial charge in [0.25, 0.3) is 0 Å². The zero-order chi connectivity index (χ0) is 21.8. The lowest BCUT2D eigenvalue weighted by Gasteiger charge is -2.13. The van der Waals surface area contributed by atoms with E-state index < -0.39 is 0 Å². The van der Waals surface area contributed by atoms with Crippen LogP contribution in [0.25, 0.3) is 64.0 Å². The zero-order valence-electron chi connectivity index (χ0n) is 18.0. The van der Waals surface area contributed by atoms with Crippen molar-refractivity contribution in [3.8, 4) is 20.9 Å². The van der Waals surface area contributed by atoms with Crippen molar-refractivity contribution in [1.82, 2.24) is 0 Å². The van der Waals surface area contributed by atoms with E-state index in [1.165, 1.54) is 64.0 Å². The third-order valence-electron chi connectivity index (χ3n) is 6.67. The molecule has 0 N–H and O–H groups in total. The first-order valence-corrected chi connectivity index (χ1v) is 12.1. The molecule has 0 atom stereocenters. The Kier molecular flexibility index (Phi) is 4.12. The molecule has 0 bridgehead atoms. The Hall–Kier alpha value is -3.94. The Morgan fingerprint density at radius 1 is 0.333 bits per heavy atom. The lowest BCUT2D eigenvalue weighted by molar-refractivity contribution is 1.71. The van der Waals surface area contributed by atoms with Gasteiger partial charge in [0, 0.05) is 26.1 Å². The lowest BCUT2D eigenvalue weighted by atomic mass is 9.91. The molecule has 33 heavy (non-hydrogen) atoms. The Morgan fingerprint density at radius 3 is 1.42 bits per heavy atom. The molecular formula is C32H20S. The molecule has 0 unspecified atom stereocenters. The van der Waals surface area contributed by atoms with Gasteiger partial charge < -0.3 is 0 Å². The molecule has 1 heteroatoms. The minimum Gasteiger partial charge on any atom is -0.134 e. The van der Waals surface area contributed by atoms with Gasteiger partial charge in [0.15, 0.2) is 0 Å². The molecule has 6 aromatic carbocycles. The van der Waals surface area contributed by atoms with E-state index in [2.05, 4.69) is 121 Å². The molecule has 0 radical (unpaired) electrons. The Morgan fingerprint density at radius 2 is 0.788 bits per heavy atom. The lowest BCUT2D eigenvalue weighted by Crippen LogP contribution is -1.86. The minimum atomic E-state index is 1.28. The predicted molar refractivity (Wildman–Crippen MR) is 145 cm³/mol. The number of hydrogen-bond donors (Lipinski definition) is 0. The second kappa shape index (κ2) is 7.30. The summed E-state index contributed by atoms with van der Waals surface area (Å²) in [5, 5.41) is 10.6. The first-order valence-electron chi connectivity index (χ1n) is 11.3. The SMILES string of the molecule is c1ccc(-c2sc(-c3cccc4c5ccccc5c5ccccc5c34)c3ccccc23)cc1.